The normalized spacial score (nSPS) is 18.9. The van der Waals surface area contributed by atoms with Crippen LogP contribution in [-0.2, 0) is 9.53 Å². The molecule has 3 rings (SSSR count). The second-order valence-corrected chi connectivity index (χ2v) is 5.50. The molecule has 1 aliphatic rings. The Morgan fingerprint density at radius 3 is 3.05 bits per heavy atom. The zero-order valence-electron chi connectivity index (χ0n) is 11.8. The fraction of sp³-hybridized carbons (Fsp3) is 0.467. The number of aromatic amines is 1. The van der Waals surface area contributed by atoms with Gasteiger partial charge in [-0.25, -0.2) is 4.98 Å². The number of benzene rings is 1. The first-order valence-electron chi connectivity index (χ1n) is 7.05. The Morgan fingerprint density at radius 2 is 2.35 bits per heavy atom. The van der Waals surface area contributed by atoms with Gasteiger partial charge in [-0.05, 0) is 31.0 Å². The quantitative estimate of drug-likeness (QED) is 0.903. The number of amides is 1. The second kappa shape index (κ2) is 5.25. The summed E-state index contributed by atoms with van der Waals surface area (Å²) in [6.07, 6.45) is 1.45. The minimum Gasteiger partial charge on any atom is -0.368 e. The first kappa shape index (κ1) is 13.1. The van der Waals surface area contributed by atoms with E-state index in [2.05, 4.69) is 29.1 Å². The molecule has 2 N–H and O–H groups in total. The highest BCUT2D eigenvalue weighted by molar-refractivity contribution is 5.96. The Labute approximate surface area is 117 Å². The van der Waals surface area contributed by atoms with E-state index in [0.29, 0.717) is 12.5 Å². The highest BCUT2D eigenvalue weighted by Crippen LogP contribution is 2.21. The van der Waals surface area contributed by atoms with Gasteiger partial charge in [-0.1, -0.05) is 13.8 Å². The molecule has 106 valence electrons. The van der Waals surface area contributed by atoms with Gasteiger partial charge in [-0.3, -0.25) is 4.79 Å². The summed E-state index contributed by atoms with van der Waals surface area (Å²) in [6.45, 7) is 4.87. The highest BCUT2D eigenvalue weighted by Gasteiger charge is 2.23. The van der Waals surface area contributed by atoms with E-state index >= 15 is 0 Å². The Bertz CT molecular complexity index is 627. The van der Waals surface area contributed by atoms with Gasteiger partial charge in [-0.2, -0.15) is 0 Å². The van der Waals surface area contributed by atoms with Gasteiger partial charge in [0.15, 0.2) is 0 Å². The average molecular weight is 273 g/mol. The van der Waals surface area contributed by atoms with Crippen molar-refractivity contribution in [1.29, 1.82) is 0 Å². The maximum atomic E-state index is 12.0. The maximum absolute atomic E-state index is 12.0. The van der Waals surface area contributed by atoms with Crippen molar-refractivity contribution in [2.75, 3.05) is 11.9 Å². The molecule has 2 heterocycles. The van der Waals surface area contributed by atoms with Crippen molar-refractivity contribution in [3.05, 3.63) is 24.0 Å². The summed E-state index contributed by atoms with van der Waals surface area (Å²) in [4.78, 5) is 19.8. The minimum absolute atomic E-state index is 0.0644. The molecule has 0 bridgehead atoms. The van der Waals surface area contributed by atoms with Gasteiger partial charge in [0.05, 0.1) is 11.0 Å². The Morgan fingerprint density at radius 1 is 1.50 bits per heavy atom. The van der Waals surface area contributed by atoms with Gasteiger partial charge >= 0.3 is 0 Å². The maximum Gasteiger partial charge on any atom is 0.253 e. The molecule has 0 radical (unpaired) electrons. The third-order valence-electron chi connectivity index (χ3n) is 3.54. The number of ether oxygens (including phenoxy) is 1. The number of hydrogen-bond donors (Lipinski definition) is 2. The number of anilines is 1. The van der Waals surface area contributed by atoms with Crippen molar-refractivity contribution >= 4 is 22.6 Å². The van der Waals surface area contributed by atoms with E-state index in [9.17, 15) is 4.79 Å². The molecular weight excluding hydrogens is 254 g/mol. The number of carbonyl (C=O) groups is 1. The number of rotatable bonds is 3. The lowest BCUT2D eigenvalue weighted by Gasteiger charge is -2.10. The van der Waals surface area contributed by atoms with Crippen LogP contribution in [0.25, 0.3) is 11.0 Å². The van der Waals surface area contributed by atoms with E-state index < -0.39 is 0 Å². The van der Waals surface area contributed by atoms with E-state index in [0.717, 1.165) is 35.4 Å². The van der Waals surface area contributed by atoms with Crippen molar-refractivity contribution in [3.8, 4) is 0 Å². The van der Waals surface area contributed by atoms with Gasteiger partial charge in [-0.15, -0.1) is 0 Å². The number of H-pyrrole nitrogens is 1. The Hall–Kier alpha value is -1.88. The molecule has 1 aliphatic heterocycles. The summed E-state index contributed by atoms with van der Waals surface area (Å²) in [5, 5.41) is 2.90. The molecule has 0 unspecified atom stereocenters. The van der Waals surface area contributed by atoms with Crippen LogP contribution >= 0.6 is 0 Å². The minimum atomic E-state index is -0.307. The summed E-state index contributed by atoms with van der Waals surface area (Å²) in [7, 11) is 0. The summed E-state index contributed by atoms with van der Waals surface area (Å²) in [6, 6.07) is 5.71. The lowest BCUT2D eigenvalue weighted by molar-refractivity contribution is -0.124. The summed E-state index contributed by atoms with van der Waals surface area (Å²) >= 11 is 0. The number of imidazole rings is 1. The van der Waals surface area contributed by atoms with Crippen LogP contribution < -0.4 is 5.32 Å². The Balaban J connectivity index is 1.79. The van der Waals surface area contributed by atoms with E-state index in [1.807, 2.05) is 18.2 Å². The molecule has 0 aliphatic carbocycles. The topological polar surface area (TPSA) is 67.0 Å². The van der Waals surface area contributed by atoms with Crippen molar-refractivity contribution in [2.24, 2.45) is 0 Å². The standard InChI is InChI=1S/C15H19N3O2/c1-9(2)14-17-11-6-5-10(8-12(11)18-14)16-15(19)13-4-3-7-20-13/h5-6,8-9,13H,3-4,7H2,1-2H3,(H,16,19)(H,17,18)/t13-/m0/s1. The summed E-state index contributed by atoms with van der Waals surface area (Å²) in [5.74, 6) is 1.25. The molecule has 1 aromatic heterocycles. The van der Waals surface area contributed by atoms with Crippen LogP contribution in [0.2, 0.25) is 0 Å². The molecule has 0 saturated carbocycles. The lowest BCUT2D eigenvalue weighted by Crippen LogP contribution is -2.26. The summed E-state index contributed by atoms with van der Waals surface area (Å²) < 4.78 is 5.38. The van der Waals surface area contributed by atoms with Crippen LogP contribution in [-0.4, -0.2) is 28.6 Å². The van der Waals surface area contributed by atoms with Gasteiger partial charge in [0.2, 0.25) is 0 Å². The van der Waals surface area contributed by atoms with E-state index in [1.54, 1.807) is 0 Å². The van der Waals surface area contributed by atoms with Crippen molar-refractivity contribution < 1.29 is 9.53 Å². The zero-order valence-corrected chi connectivity index (χ0v) is 11.8. The average Bonchev–Trinajstić information content (AvgIpc) is 3.07. The number of hydrogen-bond acceptors (Lipinski definition) is 3. The second-order valence-electron chi connectivity index (χ2n) is 5.50. The molecule has 1 atom stereocenters. The molecule has 5 nitrogen and oxygen atoms in total. The van der Waals surface area contributed by atoms with Crippen molar-refractivity contribution in [1.82, 2.24) is 9.97 Å². The fourth-order valence-corrected chi connectivity index (χ4v) is 2.39. The molecule has 1 amide bonds. The van der Waals surface area contributed by atoms with E-state index in [1.165, 1.54) is 0 Å². The zero-order chi connectivity index (χ0) is 14.1. The SMILES string of the molecule is CC(C)c1nc2ccc(NC(=O)[C@@H]3CCCO3)cc2[nH]1. The summed E-state index contributed by atoms with van der Waals surface area (Å²) in [5.41, 5.74) is 2.64. The number of nitrogens with one attached hydrogen (secondary N) is 2. The molecule has 1 saturated heterocycles. The van der Waals surface area contributed by atoms with Crippen LogP contribution in [0.15, 0.2) is 18.2 Å². The van der Waals surface area contributed by atoms with Crippen LogP contribution in [0.4, 0.5) is 5.69 Å². The van der Waals surface area contributed by atoms with E-state index in [-0.39, 0.29) is 12.0 Å². The van der Waals surface area contributed by atoms with Crippen LogP contribution in [0.1, 0.15) is 38.4 Å². The van der Waals surface area contributed by atoms with Gasteiger partial charge < -0.3 is 15.0 Å². The predicted molar refractivity (Wildman–Crippen MR) is 77.8 cm³/mol. The van der Waals surface area contributed by atoms with Crippen LogP contribution in [0, 0.1) is 0 Å². The first-order chi connectivity index (χ1) is 9.63. The predicted octanol–water partition coefficient (Wildman–Crippen LogP) is 2.80. The molecule has 5 heteroatoms. The van der Waals surface area contributed by atoms with E-state index in [4.69, 9.17) is 4.74 Å². The smallest absolute Gasteiger partial charge is 0.253 e. The van der Waals surface area contributed by atoms with Crippen LogP contribution in [0.3, 0.4) is 0 Å². The monoisotopic (exact) mass is 273 g/mol. The van der Waals surface area contributed by atoms with Gasteiger partial charge in [0.1, 0.15) is 11.9 Å². The van der Waals surface area contributed by atoms with Crippen molar-refractivity contribution in [2.45, 2.75) is 38.7 Å². The number of fused-ring (bicyclic) bond motifs is 1. The third-order valence-corrected chi connectivity index (χ3v) is 3.54. The molecular formula is C15H19N3O2. The largest absolute Gasteiger partial charge is 0.368 e. The fourth-order valence-electron chi connectivity index (χ4n) is 2.39. The first-order valence-corrected chi connectivity index (χ1v) is 7.05. The molecule has 1 fully saturated rings. The van der Waals surface area contributed by atoms with Crippen LogP contribution in [0.5, 0.6) is 0 Å². The highest BCUT2D eigenvalue weighted by atomic mass is 16.5. The Kier molecular flexibility index (Phi) is 3.44. The number of nitrogens with zero attached hydrogens (tertiary/aromatic N) is 1. The molecule has 1 aromatic carbocycles. The number of aromatic nitrogens is 2. The molecule has 20 heavy (non-hydrogen) atoms. The number of carbonyl (C=O) groups excluding carboxylic acids is 1. The van der Waals surface area contributed by atoms with Crippen molar-refractivity contribution in [3.63, 3.8) is 0 Å². The molecule has 0 spiro atoms. The molecule has 2 aromatic rings. The van der Waals surface area contributed by atoms with Gasteiger partial charge in [0, 0.05) is 18.2 Å². The van der Waals surface area contributed by atoms with Gasteiger partial charge in [0.25, 0.3) is 5.91 Å². The lowest BCUT2D eigenvalue weighted by atomic mass is 10.2. The third kappa shape index (κ3) is 2.54.